The van der Waals surface area contributed by atoms with Crippen LogP contribution in [0.1, 0.15) is 0 Å². The Morgan fingerprint density at radius 2 is 1.60 bits per heavy atom. The van der Waals surface area contributed by atoms with Crippen molar-refractivity contribution >= 4 is 20.9 Å². The van der Waals surface area contributed by atoms with Gasteiger partial charge in [-0.1, -0.05) is 18.2 Å². The van der Waals surface area contributed by atoms with Gasteiger partial charge >= 0.3 is 18.9 Å². The maximum atomic E-state index is 13.2. The number of hydrogen-bond donors (Lipinski definition) is 0. The number of benzene rings is 1. The van der Waals surface area contributed by atoms with Crippen LogP contribution in [0.2, 0.25) is 0 Å². The molecular weight excluding hydrogens is 241 g/mol. The first-order valence-corrected chi connectivity index (χ1v) is 6.68. The Kier molecular flexibility index (Phi) is 5.30. The van der Waals surface area contributed by atoms with Gasteiger partial charge in [0.25, 0.3) is 0 Å². The van der Waals surface area contributed by atoms with Gasteiger partial charge in [-0.05, 0) is 12.1 Å². The molecule has 0 radical (unpaired) electrons. The van der Waals surface area contributed by atoms with Gasteiger partial charge in [-0.2, -0.15) is 7.77 Å². The fraction of sp³-hybridized carbons (Fsp3) is 0.143. The molecule has 0 amide bonds. The van der Waals surface area contributed by atoms with Crippen molar-refractivity contribution in [2.75, 3.05) is 5.08 Å². The van der Waals surface area contributed by atoms with Gasteiger partial charge in [-0.15, -0.1) is 0 Å². The summed E-state index contributed by atoms with van der Waals surface area (Å²) in [4.78, 5) is -0.389. The monoisotopic (exact) mass is 248 g/mol. The fourth-order valence-electron chi connectivity index (χ4n) is 0.869. The van der Waals surface area contributed by atoms with Crippen molar-refractivity contribution in [2.24, 2.45) is 0 Å². The average Bonchev–Trinajstić information content (AvgIpc) is 2.01. The normalized spacial score (nSPS) is 13.0. The van der Waals surface area contributed by atoms with Crippen molar-refractivity contribution in [3.63, 3.8) is 0 Å². The van der Waals surface area contributed by atoms with E-state index in [0.29, 0.717) is 0 Å². The summed E-state index contributed by atoms with van der Waals surface area (Å²) in [5.74, 6) is 0. The van der Waals surface area contributed by atoms with Crippen LogP contribution in [-0.2, 0) is 10.1 Å². The van der Waals surface area contributed by atoms with Crippen LogP contribution < -0.4 is 18.9 Å². The summed E-state index contributed by atoms with van der Waals surface area (Å²) in [6, 6.07) is 6.49. The molecule has 1 aromatic carbocycles. The Morgan fingerprint density at radius 3 is 2.00 bits per heavy atom. The van der Waals surface area contributed by atoms with Crippen molar-refractivity contribution in [3.05, 3.63) is 30.3 Å². The maximum Gasteiger partial charge on any atom is 1.00 e. The van der Waals surface area contributed by atoms with Gasteiger partial charge in [0, 0.05) is 4.90 Å². The Morgan fingerprint density at radius 1 is 1.13 bits per heavy atom. The number of rotatable bonds is 3. The second-order valence-corrected chi connectivity index (χ2v) is 6.24. The minimum atomic E-state index is -4.89. The van der Waals surface area contributed by atoms with Crippen LogP contribution in [0.4, 0.5) is 7.77 Å². The molecule has 8 heteroatoms. The van der Waals surface area contributed by atoms with E-state index < -0.39 is 26.0 Å². The van der Waals surface area contributed by atoms with Crippen LogP contribution >= 0.6 is 10.8 Å². The summed E-state index contributed by atoms with van der Waals surface area (Å²) < 4.78 is 56.9. The summed E-state index contributed by atoms with van der Waals surface area (Å²) in [6.45, 7) is 0. The van der Waals surface area contributed by atoms with Crippen LogP contribution in [0.25, 0.3) is 0 Å². The summed E-state index contributed by atoms with van der Waals surface area (Å²) in [6.07, 6.45) is 0. The van der Waals surface area contributed by atoms with Gasteiger partial charge in [-0.25, -0.2) is 8.42 Å². The van der Waals surface area contributed by atoms with E-state index in [1.807, 2.05) is 0 Å². The van der Waals surface area contributed by atoms with Gasteiger partial charge in [0.05, 0.1) is 10.8 Å². The van der Waals surface area contributed by atoms with Crippen LogP contribution in [0.3, 0.4) is 0 Å². The van der Waals surface area contributed by atoms with Gasteiger partial charge in [0.1, 0.15) is 15.2 Å². The van der Waals surface area contributed by atoms with Crippen molar-refractivity contribution in [2.45, 2.75) is 4.90 Å². The summed E-state index contributed by atoms with van der Waals surface area (Å²) >= 11 is 0. The molecule has 0 saturated carbocycles. The van der Waals surface area contributed by atoms with Gasteiger partial charge < -0.3 is 4.55 Å². The zero-order valence-electron chi connectivity index (χ0n) is 7.89. The number of halogens is 2. The van der Waals surface area contributed by atoms with E-state index in [0.717, 1.165) is 12.1 Å². The van der Waals surface area contributed by atoms with Crippen LogP contribution in [0, 0.1) is 0 Å². The molecule has 1 aromatic rings. The molecule has 80 valence electrons. The zero-order valence-corrected chi connectivity index (χ0v) is 9.52. The molecule has 0 unspecified atom stereocenters. The molecule has 0 aromatic heterocycles. The van der Waals surface area contributed by atoms with Crippen LogP contribution in [0.5, 0.6) is 0 Å². The van der Waals surface area contributed by atoms with Crippen LogP contribution in [-0.4, -0.2) is 18.1 Å². The smallest absolute Gasteiger partial charge is 0.747 e. The van der Waals surface area contributed by atoms with E-state index in [1.165, 1.54) is 18.2 Å². The van der Waals surface area contributed by atoms with Crippen molar-refractivity contribution in [1.82, 2.24) is 0 Å². The topological polar surface area (TPSA) is 57.2 Å². The van der Waals surface area contributed by atoms with Gasteiger partial charge in [0.15, 0.2) is 0 Å². The molecule has 0 atom stereocenters. The van der Waals surface area contributed by atoms with Gasteiger partial charge in [0.2, 0.25) is 0 Å². The first-order valence-electron chi connectivity index (χ1n) is 3.50. The predicted octanol–water partition coefficient (Wildman–Crippen LogP) is -0.874. The fourth-order valence-corrected chi connectivity index (χ4v) is 3.42. The largest absolute Gasteiger partial charge is 1.00 e. The quantitative estimate of drug-likeness (QED) is 0.516. The summed E-state index contributed by atoms with van der Waals surface area (Å²) in [5, 5.41) is -1.62. The second-order valence-electron chi connectivity index (χ2n) is 2.56. The molecule has 1 rings (SSSR count). The van der Waals surface area contributed by atoms with E-state index in [-0.39, 0.29) is 23.8 Å². The zero-order chi connectivity index (χ0) is 10.8. The van der Waals surface area contributed by atoms with E-state index in [9.17, 15) is 20.7 Å². The summed E-state index contributed by atoms with van der Waals surface area (Å²) in [7, 11) is -9.41. The van der Waals surface area contributed by atoms with Crippen molar-refractivity contribution in [3.8, 4) is 0 Å². The Bertz CT molecular complexity index is 408. The standard InChI is InChI=1S/C7H8F2O3S2.Li/c8-13(9,6-14(10,11)12)7-4-2-1-3-5-7;/h1-5H,6H2,(H,10,11,12);/q;+1/p-1. The average molecular weight is 248 g/mol. The molecule has 0 N–H and O–H groups in total. The predicted molar refractivity (Wildman–Crippen MR) is 49.1 cm³/mol. The SMILES string of the molecule is O=S(=O)([O-])CS(F)(F)c1ccccc1.[Li+]. The minimum Gasteiger partial charge on any atom is -0.747 e. The number of hydrogen-bond acceptors (Lipinski definition) is 3. The molecule has 0 heterocycles. The first-order chi connectivity index (χ1) is 6.31. The van der Waals surface area contributed by atoms with E-state index >= 15 is 0 Å². The molecule has 0 aliphatic rings. The van der Waals surface area contributed by atoms with E-state index in [1.54, 1.807) is 0 Å². The van der Waals surface area contributed by atoms with E-state index in [4.69, 9.17) is 0 Å². The molecule has 0 fully saturated rings. The summed E-state index contributed by atoms with van der Waals surface area (Å²) in [5.41, 5.74) is 0. The third kappa shape index (κ3) is 5.00. The Hall–Kier alpha value is -0.0626. The van der Waals surface area contributed by atoms with Gasteiger partial charge in [-0.3, -0.25) is 0 Å². The Labute approximate surface area is 101 Å². The Balaban J connectivity index is 0.00000196. The molecule has 3 nitrogen and oxygen atoms in total. The minimum absolute atomic E-state index is 0. The molecule has 0 saturated heterocycles. The third-order valence-corrected chi connectivity index (χ3v) is 4.68. The molecule has 0 spiro atoms. The van der Waals surface area contributed by atoms with Crippen LogP contribution in [0.15, 0.2) is 35.2 Å². The molecule has 15 heavy (non-hydrogen) atoms. The van der Waals surface area contributed by atoms with Crippen molar-refractivity contribution < 1.29 is 39.6 Å². The second kappa shape index (κ2) is 5.32. The third-order valence-electron chi connectivity index (χ3n) is 1.38. The maximum absolute atomic E-state index is 13.2. The van der Waals surface area contributed by atoms with Crippen molar-refractivity contribution in [1.29, 1.82) is 0 Å². The molecular formula is C7H7F2LiO3S2. The molecule has 0 aliphatic heterocycles. The molecule has 0 bridgehead atoms. The van der Waals surface area contributed by atoms with E-state index in [2.05, 4.69) is 0 Å². The molecule has 0 aliphatic carbocycles. The first kappa shape index (κ1) is 14.9.